The zero-order valence-corrected chi connectivity index (χ0v) is 31.6. The molecule has 2 aromatic heterocycles. The third kappa shape index (κ3) is 7.20. The number of allylic oxidation sites excluding steroid dienone is 2. The first-order chi connectivity index (χ1) is 20.3. The van der Waals surface area contributed by atoms with Crippen molar-refractivity contribution in [1.82, 2.24) is 9.97 Å². The molecular formula is C35H45IrN2O2S2Si-. The number of carbonyl (C=O) groups excluding carboxylic acids is 1. The van der Waals surface area contributed by atoms with Crippen LogP contribution >= 0.6 is 23.1 Å². The van der Waals surface area contributed by atoms with Crippen molar-refractivity contribution in [1.29, 1.82) is 0 Å². The summed E-state index contributed by atoms with van der Waals surface area (Å²) in [5.74, 6) is 0.547. The molecule has 5 rings (SSSR count). The Labute approximate surface area is 280 Å². The van der Waals surface area contributed by atoms with E-state index in [1.165, 1.54) is 44.8 Å². The molecule has 1 radical (unpaired) electrons. The first-order valence-corrected chi connectivity index (χ1v) is 19.9. The van der Waals surface area contributed by atoms with E-state index in [4.69, 9.17) is 4.98 Å². The topological polar surface area (TPSA) is 63.1 Å². The third-order valence-corrected chi connectivity index (χ3v) is 18.5. The number of aromatic nitrogens is 2. The predicted molar refractivity (Wildman–Crippen MR) is 184 cm³/mol. The number of carbonyl (C=O) groups is 1. The minimum absolute atomic E-state index is 0. The normalized spacial score (nSPS) is 12.7. The van der Waals surface area contributed by atoms with Crippen molar-refractivity contribution in [2.75, 3.05) is 0 Å². The Kier molecular flexibility index (Phi) is 13.2. The molecule has 1 aliphatic rings. The molecule has 0 unspecified atom stereocenters. The molecule has 0 atom stereocenters. The van der Waals surface area contributed by atoms with Gasteiger partial charge >= 0.3 is 0 Å². The van der Waals surface area contributed by atoms with Gasteiger partial charge in [-0.3, -0.25) is 9.78 Å². The molecule has 0 fully saturated rings. The molecule has 8 heteroatoms. The van der Waals surface area contributed by atoms with Gasteiger partial charge in [0.25, 0.3) is 0 Å². The SMILES string of the molecule is CCC(CC)C(=O)/C=C(\O)C(CC)CC.CC[Si](CC)(CC)c1sc2ncnc3c2c1Sc1cc2ccccc2[c-]c1-3.[Ir]. The van der Waals surface area contributed by atoms with Crippen LogP contribution in [-0.2, 0) is 24.9 Å². The maximum Gasteiger partial charge on any atom is 0.162 e. The molecular weight excluding hydrogens is 765 g/mol. The number of hydrogen-bond donors (Lipinski definition) is 1. The van der Waals surface area contributed by atoms with Crippen molar-refractivity contribution < 1.29 is 30.0 Å². The molecule has 0 aliphatic carbocycles. The molecule has 233 valence electrons. The minimum atomic E-state index is -1.49. The summed E-state index contributed by atoms with van der Waals surface area (Å²) in [7, 11) is -1.49. The van der Waals surface area contributed by atoms with Gasteiger partial charge in [-0.2, -0.15) is 0 Å². The number of rotatable bonds is 11. The van der Waals surface area contributed by atoms with Crippen LogP contribution in [0.2, 0.25) is 18.1 Å². The number of hydrogen-bond acceptors (Lipinski definition) is 6. The number of fused-ring (bicyclic) bond motifs is 3. The first kappa shape index (κ1) is 35.6. The molecule has 4 nitrogen and oxygen atoms in total. The molecule has 0 saturated carbocycles. The number of benzene rings is 2. The van der Waals surface area contributed by atoms with E-state index in [-0.39, 0.29) is 43.5 Å². The summed E-state index contributed by atoms with van der Waals surface area (Å²) in [5, 5.41) is 13.4. The maximum atomic E-state index is 11.7. The Morgan fingerprint density at radius 3 is 2.19 bits per heavy atom. The third-order valence-electron chi connectivity index (χ3n) is 9.24. The Balaban J connectivity index is 0.000000274. The van der Waals surface area contributed by atoms with Crippen LogP contribution < -0.4 is 4.50 Å². The van der Waals surface area contributed by atoms with Gasteiger partial charge in [-0.05, 0) is 30.6 Å². The second-order valence-corrected chi connectivity index (χ2v) is 18.8. The van der Waals surface area contributed by atoms with E-state index in [1.807, 2.05) is 50.8 Å². The van der Waals surface area contributed by atoms with Crippen molar-refractivity contribution in [3.8, 4) is 11.3 Å². The van der Waals surface area contributed by atoms with Crippen LogP contribution in [0.25, 0.3) is 32.2 Å². The molecule has 4 aromatic rings. The largest absolute Gasteiger partial charge is 0.512 e. The molecule has 0 amide bonds. The summed E-state index contributed by atoms with van der Waals surface area (Å²) >= 11 is 3.86. The van der Waals surface area contributed by atoms with E-state index >= 15 is 0 Å². The fourth-order valence-electron chi connectivity index (χ4n) is 6.07. The van der Waals surface area contributed by atoms with E-state index in [0.29, 0.717) is 0 Å². The summed E-state index contributed by atoms with van der Waals surface area (Å²) in [6.07, 6.45) is 6.64. The second kappa shape index (κ2) is 15.9. The fourth-order valence-corrected chi connectivity index (χ4v) is 14.5. The monoisotopic (exact) mass is 810 g/mol. The van der Waals surface area contributed by atoms with Gasteiger partial charge in [0.2, 0.25) is 0 Å². The zero-order chi connectivity index (χ0) is 30.4. The van der Waals surface area contributed by atoms with Gasteiger partial charge in [-0.25, -0.2) is 4.98 Å². The summed E-state index contributed by atoms with van der Waals surface area (Å²) in [6, 6.07) is 18.3. The summed E-state index contributed by atoms with van der Waals surface area (Å²) < 4.78 is 1.63. The molecule has 3 heterocycles. The van der Waals surface area contributed by atoms with E-state index in [0.717, 1.165) is 47.2 Å². The van der Waals surface area contributed by atoms with Gasteiger partial charge in [0.1, 0.15) is 19.2 Å². The average molecular weight is 810 g/mol. The standard InChI is InChI=1S/C22H21N2S2Si.C13H24O2.Ir/c1-4-27(5-2,6-3)22-20-18-19(23-13-24-21(18)26-22)16-11-14-9-7-8-10-15(14)12-17(16)25-20;1-5-10(6-2)12(14)9-13(15)11(7-3)8-4;/h7-10,12-13H,4-6H2,1-3H3;9-11,14H,5-8H2,1-4H3;/q-1;;/b;12-9-;. The summed E-state index contributed by atoms with van der Waals surface area (Å²) in [4.78, 5) is 25.0. The van der Waals surface area contributed by atoms with Crippen LogP contribution in [0.3, 0.4) is 0 Å². The van der Waals surface area contributed by atoms with Crippen LogP contribution in [0, 0.1) is 17.9 Å². The van der Waals surface area contributed by atoms with E-state index in [9.17, 15) is 9.90 Å². The number of aliphatic hydroxyl groups excluding tert-OH is 1. The minimum Gasteiger partial charge on any atom is -0.512 e. The van der Waals surface area contributed by atoms with Crippen molar-refractivity contribution in [3.63, 3.8) is 0 Å². The molecule has 0 spiro atoms. The fraction of sp³-hybridized carbons (Fsp3) is 0.457. The number of nitrogens with zero attached hydrogens (tertiary/aromatic N) is 2. The van der Waals surface area contributed by atoms with Gasteiger partial charge < -0.3 is 5.11 Å². The number of thiophene rings is 1. The Bertz CT molecular complexity index is 1560. The van der Waals surface area contributed by atoms with Gasteiger partial charge in [0.15, 0.2) is 5.78 Å². The smallest absolute Gasteiger partial charge is 0.162 e. The maximum absolute atomic E-state index is 11.7. The van der Waals surface area contributed by atoms with E-state index < -0.39 is 8.07 Å². The van der Waals surface area contributed by atoms with Crippen molar-refractivity contribution >= 4 is 62.4 Å². The molecule has 43 heavy (non-hydrogen) atoms. The Morgan fingerprint density at radius 1 is 0.953 bits per heavy atom. The van der Waals surface area contributed by atoms with Crippen LogP contribution in [-0.4, -0.2) is 28.9 Å². The average Bonchev–Trinajstić information content (AvgIpc) is 3.39. The van der Waals surface area contributed by atoms with Crippen LogP contribution in [0.4, 0.5) is 0 Å². The van der Waals surface area contributed by atoms with Gasteiger partial charge in [-0.1, -0.05) is 95.7 Å². The van der Waals surface area contributed by atoms with Crippen LogP contribution in [0.1, 0.15) is 74.1 Å². The molecule has 0 saturated heterocycles. The molecule has 2 aromatic carbocycles. The predicted octanol–water partition coefficient (Wildman–Crippen LogP) is 10.4. The van der Waals surface area contributed by atoms with Gasteiger partial charge in [-0.15, -0.1) is 46.7 Å². The summed E-state index contributed by atoms with van der Waals surface area (Å²) in [6.45, 7) is 15.2. The second-order valence-electron chi connectivity index (χ2n) is 11.2. The summed E-state index contributed by atoms with van der Waals surface area (Å²) in [5.41, 5.74) is 2.21. The van der Waals surface area contributed by atoms with Gasteiger partial charge in [0.05, 0.1) is 5.76 Å². The quantitative estimate of drug-likeness (QED) is 0.0623. The van der Waals surface area contributed by atoms with E-state index in [1.54, 1.807) is 10.8 Å². The van der Waals surface area contributed by atoms with Crippen molar-refractivity contribution in [2.45, 2.75) is 102 Å². The number of ketones is 1. The van der Waals surface area contributed by atoms with Crippen molar-refractivity contribution in [3.05, 3.63) is 54.6 Å². The zero-order valence-electron chi connectivity index (χ0n) is 26.5. The molecule has 0 bridgehead atoms. The Hall–Kier alpha value is -1.83. The van der Waals surface area contributed by atoms with Crippen molar-refractivity contribution in [2.24, 2.45) is 11.8 Å². The van der Waals surface area contributed by atoms with Crippen LogP contribution in [0.15, 0.2) is 58.3 Å². The Morgan fingerprint density at radius 2 is 1.58 bits per heavy atom. The first-order valence-electron chi connectivity index (χ1n) is 15.7. The number of aliphatic hydroxyl groups is 1. The van der Waals surface area contributed by atoms with E-state index in [2.05, 4.69) is 62.2 Å². The molecule has 1 N–H and O–H groups in total. The van der Waals surface area contributed by atoms with Gasteiger partial charge in [0, 0.05) is 58.5 Å². The molecule has 1 aliphatic heterocycles. The van der Waals surface area contributed by atoms with Crippen LogP contribution in [0.5, 0.6) is 0 Å².